The Bertz CT molecular complexity index is 1670. The number of esters is 3. The molecule has 0 aliphatic heterocycles. The van der Waals surface area contributed by atoms with Gasteiger partial charge in [0.1, 0.15) is 13.2 Å². The molecule has 1 atom stereocenters. The molecule has 0 rings (SSSR count). The monoisotopic (exact) mass is 1120 g/mol. The fourth-order valence-electron chi connectivity index (χ4n) is 9.49. The molecule has 0 radical (unpaired) electrons. The van der Waals surface area contributed by atoms with Crippen LogP contribution in [-0.2, 0) is 28.6 Å². The van der Waals surface area contributed by atoms with Crippen molar-refractivity contribution < 1.29 is 28.6 Å². The van der Waals surface area contributed by atoms with Crippen LogP contribution in [0.15, 0.2) is 122 Å². The molecule has 0 aromatic carbocycles. The van der Waals surface area contributed by atoms with Gasteiger partial charge in [-0.25, -0.2) is 0 Å². The molecule has 0 amide bonds. The van der Waals surface area contributed by atoms with Crippen molar-refractivity contribution in [2.75, 3.05) is 13.2 Å². The maximum Gasteiger partial charge on any atom is 0.309 e. The Morgan fingerprint density at radius 2 is 0.531 bits per heavy atom. The van der Waals surface area contributed by atoms with Crippen LogP contribution in [0.5, 0.6) is 0 Å². The molecule has 0 aromatic rings. The summed E-state index contributed by atoms with van der Waals surface area (Å²) < 4.78 is 16.8. The van der Waals surface area contributed by atoms with Crippen molar-refractivity contribution >= 4 is 17.9 Å². The van der Waals surface area contributed by atoms with Gasteiger partial charge in [0.2, 0.25) is 0 Å². The number of ether oxygens (including phenoxy) is 3. The van der Waals surface area contributed by atoms with Gasteiger partial charge in [0, 0.05) is 12.8 Å². The van der Waals surface area contributed by atoms with E-state index in [1.807, 2.05) is 6.08 Å². The lowest BCUT2D eigenvalue weighted by molar-refractivity contribution is -0.166. The van der Waals surface area contributed by atoms with Crippen molar-refractivity contribution in [1.82, 2.24) is 0 Å². The second kappa shape index (κ2) is 68.3. The van der Waals surface area contributed by atoms with Crippen LogP contribution < -0.4 is 0 Å². The van der Waals surface area contributed by atoms with Crippen LogP contribution in [0.1, 0.15) is 316 Å². The minimum atomic E-state index is -0.832. The number of unbranched alkanes of at least 4 members (excludes halogenated alkanes) is 31. The predicted octanol–water partition coefficient (Wildman–Crippen LogP) is 23.6. The molecule has 0 aliphatic rings. The molecule has 0 heterocycles. The summed E-state index contributed by atoms with van der Waals surface area (Å²) in [7, 11) is 0. The van der Waals surface area contributed by atoms with Crippen LogP contribution >= 0.6 is 0 Å². The van der Waals surface area contributed by atoms with Gasteiger partial charge in [-0.05, 0) is 89.9 Å². The SMILES string of the molecule is CC/C=C\C/C=C\C/C=C\C/C=C\C/C=C\CCCCCCCC(=O)OC(COC(=O)C/C=C\C/C=C\C/C=C\C/C=C\C/C=C\CC)COC(=O)CCCCCCCCCCCCCCCCCCCCCCCCCCCCC. The highest BCUT2D eigenvalue weighted by Gasteiger charge is 2.19. The van der Waals surface area contributed by atoms with E-state index >= 15 is 0 Å². The molecule has 6 heteroatoms. The molecule has 462 valence electrons. The van der Waals surface area contributed by atoms with Crippen molar-refractivity contribution in [1.29, 1.82) is 0 Å². The van der Waals surface area contributed by atoms with E-state index in [2.05, 4.69) is 130 Å². The molecule has 0 aliphatic carbocycles. The van der Waals surface area contributed by atoms with Crippen molar-refractivity contribution in [3.05, 3.63) is 122 Å². The average molecular weight is 1120 g/mol. The maximum absolute atomic E-state index is 12.9. The van der Waals surface area contributed by atoms with Gasteiger partial charge in [0.25, 0.3) is 0 Å². The van der Waals surface area contributed by atoms with Gasteiger partial charge >= 0.3 is 17.9 Å². The minimum absolute atomic E-state index is 0.116. The normalized spacial score (nSPS) is 12.9. The van der Waals surface area contributed by atoms with E-state index in [0.29, 0.717) is 6.42 Å². The molecule has 0 N–H and O–H groups in total. The third-order valence-electron chi connectivity index (χ3n) is 14.5. The number of carbonyl (C=O) groups is 3. The lowest BCUT2D eigenvalue weighted by Gasteiger charge is -2.18. The number of hydrogen-bond donors (Lipinski definition) is 0. The van der Waals surface area contributed by atoms with E-state index in [-0.39, 0.29) is 38.0 Å². The first-order valence-electron chi connectivity index (χ1n) is 34.0. The number of hydrogen-bond acceptors (Lipinski definition) is 6. The standard InChI is InChI=1S/C75H126O6/c1-4-7-10-13-16-19-22-25-28-30-32-34-35-36-37-38-39-41-42-44-47-50-53-56-59-62-65-68-74(77)80-71-72(70-79-73(76)67-64-61-58-55-52-49-46-27-24-21-18-15-12-9-6-3)81-75(78)69-66-63-60-57-54-51-48-45-43-40-33-31-29-26-23-20-17-14-11-8-5-2/h8-9,11-12,17-18,20-21,26-27,29,33,40,45-46,48,52,55,61,64,72H,4-7,10,13-16,19,22-25,28,30-32,34-39,41-44,47,49-51,53-54,56-60,62-63,65-71H2,1-3H3/b11-8-,12-9-,20-17-,21-18-,29-26-,40-33-,46-27-,48-45-,55-52-,64-61-. The zero-order valence-electron chi connectivity index (χ0n) is 53.0. The minimum Gasteiger partial charge on any atom is -0.462 e. The number of carbonyl (C=O) groups excluding carboxylic acids is 3. The Morgan fingerprint density at radius 1 is 0.272 bits per heavy atom. The highest BCUT2D eigenvalue weighted by molar-refractivity contribution is 5.72. The molecule has 0 spiro atoms. The molecule has 1 unspecified atom stereocenters. The lowest BCUT2D eigenvalue weighted by Crippen LogP contribution is -2.30. The van der Waals surface area contributed by atoms with Gasteiger partial charge in [0.15, 0.2) is 6.10 Å². The summed E-state index contributed by atoms with van der Waals surface area (Å²) in [6.07, 6.45) is 95.4. The molecular weight excluding hydrogens is 997 g/mol. The van der Waals surface area contributed by atoms with E-state index in [9.17, 15) is 14.4 Å². The van der Waals surface area contributed by atoms with Gasteiger partial charge < -0.3 is 14.2 Å². The highest BCUT2D eigenvalue weighted by atomic mass is 16.6. The maximum atomic E-state index is 12.9. The van der Waals surface area contributed by atoms with E-state index in [4.69, 9.17) is 14.2 Å². The molecule has 6 nitrogen and oxygen atoms in total. The van der Waals surface area contributed by atoms with Crippen molar-refractivity contribution in [2.45, 2.75) is 322 Å². The van der Waals surface area contributed by atoms with Crippen LogP contribution in [-0.4, -0.2) is 37.2 Å². The van der Waals surface area contributed by atoms with Crippen LogP contribution in [0.3, 0.4) is 0 Å². The zero-order chi connectivity index (χ0) is 58.5. The summed E-state index contributed by atoms with van der Waals surface area (Å²) in [6, 6.07) is 0. The highest BCUT2D eigenvalue weighted by Crippen LogP contribution is 2.17. The van der Waals surface area contributed by atoms with Gasteiger partial charge in [-0.15, -0.1) is 0 Å². The second-order valence-electron chi connectivity index (χ2n) is 22.3. The quantitative estimate of drug-likeness (QED) is 0.0261. The smallest absolute Gasteiger partial charge is 0.309 e. The Labute approximate surface area is 501 Å². The van der Waals surface area contributed by atoms with Gasteiger partial charge in [-0.3, -0.25) is 14.4 Å². The largest absolute Gasteiger partial charge is 0.462 e. The van der Waals surface area contributed by atoms with Crippen molar-refractivity contribution in [3.63, 3.8) is 0 Å². The Balaban J connectivity index is 4.38. The molecular formula is C75H126O6. The Hall–Kier alpha value is -4.19. The van der Waals surface area contributed by atoms with E-state index < -0.39 is 12.1 Å². The molecule has 0 saturated carbocycles. The van der Waals surface area contributed by atoms with Gasteiger partial charge in [0.05, 0.1) is 6.42 Å². The summed E-state index contributed by atoms with van der Waals surface area (Å²) in [5.74, 6) is -1.06. The summed E-state index contributed by atoms with van der Waals surface area (Å²) in [5.41, 5.74) is 0. The zero-order valence-corrected chi connectivity index (χ0v) is 53.0. The summed E-state index contributed by atoms with van der Waals surface area (Å²) in [5, 5.41) is 0. The summed E-state index contributed by atoms with van der Waals surface area (Å²) >= 11 is 0. The number of allylic oxidation sites excluding steroid dienone is 19. The second-order valence-corrected chi connectivity index (χ2v) is 22.3. The van der Waals surface area contributed by atoms with Gasteiger partial charge in [-0.1, -0.05) is 328 Å². The third-order valence-corrected chi connectivity index (χ3v) is 14.5. The topological polar surface area (TPSA) is 78.9 Å². The van der Waals surface area contributed by atoms with Gasteiger partial charge in [-0.2, -0.15) is 0 Å². The Kier molecular flexibility index (Phi) is 64.8. The lowest BCUT2D eigenvalue weighted by atomic mass is 10.0. The van der Waals surface area contributed by atoms with Crippen LogP contribution in [0.25, 0.3) is 0 Å². The van der Waals surface area contributed by atoms with Crippen LogP contribution in [0.2, 0.25) is 0 Å². The molecule has 0 saturated heterocycles. The molecule has 81 heavy (non-hydrogen) atoms. The van der Waals surface area contributed by atoms with Crippen molar-refractivity contribution in [2.24, 2.45) is 0 Å². The Morgan fingerprint density at radius 3 is 0.864 bits per heavy atom. The summed E-state index contributed by atoms with van der Waals surface area (Å²) in [6.45, 7) is 6.34. The van der Waals surface area contributed by atoms with E-state index in [0.717, 1.165) is 122 Å². The fraction of sp³-hybridized carbons (Fsp3) is 0.693. The summed E-state index contributed by atoms with van der Waals surface area (Å²) in [4.78, 5) is 38.3. The average Bonchev–Trinajstić information content (AvgIpc) is 3.47. The van der Waals surface area contributed by atoms with Crippen LogP contribution in [0.4, 0.5) is 0 Å². The first kappa shape index (κ1) is 76.8. The number of rotatable bonds is 61. The fourth-order valence-corrected chi connectivity index (χ4v) is 9.49. The first-order valence-corrected chi connectivity index (χ1v) is 34.0. The van der Waals surface area contributed by atoms with E-state index in [1.165, 1.54) is 154 Å². The van der Waals surface area contributed by atoms with Crippen LogP contribution in [0, 0.1) is 0 Å². The molecule has 0 fully saturated rings. The third kappa shape index (κ3) is 66.5. The predicted molar refractivity (Wildman–Crippen MR) is 353 cm³/mol. The van der Waals surface area contributed by atoms with E-state index in [1.54, 1.807) is 6.08 Å². The van der Waals surface area contributed by atoms with Crippen molar-refractivity contribution in [3.8, 4) is 0 Å². The molecule has 0 aromatic heterocycles. The first-order chi connectivity index (χ1) is 40.0. The molecule has 0 bridgehead atoms.